The van der Waals surface area contributed by atoms with Gasteiger partial charge in [0.25, 0.3) is 5.69 Å². The zero-order valence-corrected chi connectivity index (χ0v) is 12.7. The third-order valence-electron chi connectivity index (χ3n) is 4.57. The fourth-order valence-electron chi connectivity index (χ4n) is 3.45. The summed E-state index contributed by atoms with van der Waals surface area (Å²) in [5, 5.41) is 12.0. The van der Waals surface area contributed by atoms with Crippen molar-refractivity contribution in [3.8, 4) is 0 Å². The molecule has 5 nitrogen and oxygen atoms in total. The molecule has 1 aromatic heterocycles. The van der Waals surface area contributed by atoms with Crippen LogP contribution in [0.15, 0.2) is 52.9 Å². The van der Waals surface area contributed by atoms with Gasteiger partial charge in [-0.2, -0.15) is 0 Å². The minimum atomic E-state index is -0.370. The third-order valence-corrected chi connectivity index (χ3v) is 4.57. The minimum absolute atomic E-state index is 0.118. The van der Waals surface area contributed by atoms with Gasteiger partial charge < -0.3 is 9.32 Å². The minimum Gasteiger partial charge on any atom is -0.461 e. The molecule has 0 fully saturated rings. The Morgan fingerprint density at radius 3 is 2.65 bits per heavy atom. The number of benzene rings is 2. The van der Waals surface area contributed by atoms with Gasteiger partial charge in [-0.25, -0.2) is 0 Å². The molecule has 116 valence electrons. The van der Waals surface area contributed by atoms with E-state index in [-0.39, 0.29) is 16.7 Å². The van der Waals surface area contributed by atoms with Gasteiger partial charge in [-0.15, -0.1) is 0 Å². The van der Waals surface area contributed by atoms with Gasteiger partial charge in [0.1, 0.15) is 11.3 Å². The van der Waals surface area contributed by atoms with Crippen molar-refractivity contribution in [2.75, 3.05) is 11.4 Å². The lowest BCUT2D eigenvalue weighted by molar-refractivity contribution is -0.384. The maximum atomic E-state index is 10.8. The second kappa shape index (κ2) is 5.12. The number of hydrogen-bond donors (Lipinski definition) is 0. The van der Waals surface area contributed by atoms with Crippen molar-refractivity contribution in [2.45, 2.75) is 19.4 Å². The zero-order chi connectivity index (χ0) is 16.0. The Hall–Kier alpha value is -2.82. The van der Waals surface area contributed by atoms with Crippen molar-refractivity contribution in [3.63, 3.8) is 0 Å². The number of nitro groups is 1. The number of anilines is 1. The molecule has 23 heavy (non-hydrogen) atoms. The SMILES string of the molecule is CC1c2c(oc3ccccc23)CCN1c1ccc([N+](=O)[O-])cc1. The van der Waals surface area contributed by atoms with E-state index in [1.807, 2.05) is 30.3 Å². The third kappa shape index (κ3) is 2.16. The van der Waals surface area contributed by atoms with Crippen molar-refractivity contribution in [3.05, 3.63) is 70.0 Å². The van der Waals surface area contributed by atoms with E-state index in [0.717, 1.165) is 35.4 Å². The van der Waals surface area contributed by atoms with Crippen molar-refractivity contribution in [1.82, 2.24) is 0 Å². The van der Waals surface area contributed by atoms with Crippen molar-refractivity contribution in [1.29, 1.82) is 0 Å². The van der Waals surface area contributed by atoms with Crippen LogP contribution in [0.5, 0.6) is 0 Å². The van der Waals surface area contributed by atoms with E-state index in [2.05, 4.69) is 17.9 Å². The molecule has 1 atom stereocenters. The maximum Gasteiger partial charge on any atom is 0.269 e. The summed E-state index contributed by atoms with van der Waals surface area (Å²) in [6.07, 6.45) is 0.839. The summed E-state index contributed by atoms with van der Waals surface area (Å²) in [6, 6.07) is 15.0. The highest BCUT2D eigenvalue weighted by Gasteiger charge is 2.29. The Balaban J connectivity index is 1.74. The molecule has 1 unspecified atom stereocenters. The molecular formula is C18H16N2O3. The van der Waals surface area contributed by atoms with Gasteiger partial charge >= 0.3 is 0 Å². The molecular weight excluding hydrogens is 292 g/mol. The van der Waals surface area contributed by atoms with E-state index < -0.39 is 0 Å². The van der Waals surface area contributed by atoms with Crippen LogP contribution in [0.3, 0.4) is 0 Å². The number of para-hydroxylation sites is 1. The van der Waals surface area contributed by atoms with Crippen LogP contribution in [-0.4, -0.2) is 11.5 Å². The first-order valence-corrected chi connectivity index (χ1v) is 7.66. The molecule has 0 spiro atoms. The number of furan rings is 1. The molecule has 0 N–H and O–H groups in total. The molecule has 0 aliphatic carbocycles. The summed E-state index contributed by atoms with van der Waals surface area (Å²) < 4.78 is 5.98. The first kappa shape index (κ1) is 13.8. The van der Waals surface area contributed by atoms with Crippen LogP contribution in [0, 0.1) is 10.1 Å². The first-order chi connectivity index (χ1) is 11.1. The molecule has 0 radical (unpaired) electrons. The topological polar surface area (TPSA) is 59.5 Å². The molecule has 4 rings (SSSR count). The molecule has 1 aliphatic heterocycles. The average Bonchev–Trinajstić information content (AvgIpc) is 2.94. The lowest BCUT2D eigenvalue weighted by Gasteiger charge is -2.35. The lowest BCUT2D eigenvalue weighted by atomic mass is 9.96. The Kier molecular flexibility index (Phi) is 3.08. The smallest absolute Gasteiger partial charge is 0.269 e. The normalized spacial score (nSPS) is 17.3. The second-order valence-corrected chi connectivity index (χ2v) is 5.83. The fraction of sp³-hybridized carbons (Fsp3) is 0.222. The molecule has 0 saturated heterocycles. The number of nitro benzene ring substituents is 1. The predicted octanol–water partition coefficient (Wildman–Crippen LogP) is 4.46. The number of hydrogen-bond acceptors (Lipinski definition) is 4. The summed E-state index contributed by atoms with van der Waals surface area (Å²) in [7, 11) is 0. The highest BCUT2D eigenvalue weighted by Crippen LogP contribution is 2.39. The Morgan fingerprint density at radius 1 is 1.17 bits per heavy atom. The van der Waals surface area contributed by atoms with Crippen LogP contribution in [0.2, 0.25) is 0 Å². The summed E-state index contributed by atoms with van der Waals surface area (Å²) in [5.41, 5.74) is 3.27. The van der Waals surface area contributed by atoms with Crippen LogP contribution >= 0.6 is 0 Å². The molecule has 3 aromatic rings. The molecule has 0 amide bonds. The van der Waals surface area contributed by atoms with E-state index in [4.69, 9.17) is 4.42 Å². The number of non-ortho nitro benzene ring substituents is 1. The van der Waals surface area contributed by atoms with E-state index in [1.54, 1.807) is 12.1 Å². The Labute approximate surface area is 133 Å². The van der Waals surface area contributed by atoms with Crippen molar-refractivity contribution in [2.24, 2.45) is 0 Å². The summed E-state index contributed by atoms with van der Waals surface area (Å²) in [4.78, 5) is 12.7. The highest BCUT2D eigenvalue weighted by molar-refractivity contribution is 5.83. The second-order valence-electron chi connectivity index (χ2n) is 5.83. The quantitative estimate of drug-likeness (QED) is 0.518. The van der Waals surface area contributed by atoms with Crippen LogP contribution in [0.25, 0.3) is 11.0 Å². The Bertz CT molecular complexity index is 883. The van der Waals surface area contributed by atoms with E-state index in [0.29, 0.717) is 0 Å². The van der Waals surface area contributed by atoms with Gasteiger partial charge in [0.2, 0.25) is 0 Å². The Morgan fingerprint density at radius 2 is 1.91 bits per heavy atom. The maximum absolute atomic E-state index is 10.8. The van der Waals surface area contributed by atoms with Gasteiger partial charge in [0, 0.05) is 41.7 Å². The van der Waals surface area contributed by atoms with E-state index in [1.165, 1.54) is 5.56 Å². The number of nitrogens with zero attached hydrogens (tertiary/aromatic N) is 2. The van der Waals surface area contributed by atoms with E-state index in [9.17, 15) is 10.1 Å². The molecule has 1 aliphatic rings. The first-order valence-electron chi connectivity index (χ1n) is 7.66. The van der Waals surface area contributed by atoms with Crippen LogP contribution in [0.4, 0.5) is 11.4 Å². The number of rotatable bonds is 2. The zero-order valence-electron chi connectivity index (χ0n) is 12.7. The monoisotopic (exact) mass is 308 g/mol. The molecule has 0 bridgehead atoms. The van der Waals surface area contributed by atoms with Gasteiger partial charge in [-0.05, 0) is 25.1 Å². The van der Waals surface area contributed by atoms with E-state index >= 15 is 0 Å². The van der Waals surface area contributed by atoms with Gasteiger partial charge in [0.05, 0.1) is 11.0 Å². The molecule has 2 aromatic carbocycles. The van der Waals surface area contributed by atoms with Crippen LogP contribution in [-0.2, 0) is 6.42 Å². The summed E-state index contributed by atoms with van der Waals surface area (Å²) in [5.74, 6) is 1.05. The molecule has 2 heterocycles. The lowest BCUT2D eigenvalue weighted by Crippen LogP contribution is -2.33. The predicted molar refractivity (Wildman–Crippen MR) is 88.8 cm³/mol. The molecule has 5 heteroatoms. The van der Waals surface area contributed by atoms with Gasteiger partial charge in [-0.1, -0.05) is 18.2 Å². The summed E-state index contributed by atoms with van der Waals surface area (Å²) >= 11 is 0. The largest absolute Gasteiger partial charge is 0.461 e. The van der Waals surface area contributed by atoms with Crippen molar-refractivity contribution < 1.29 is 9.34 Å². The van der Waals surface area contributed by atoms with Gasteiger partial charge in [0.15, 0.2) is 0 Å². The van der Waals surface area contributed by atoms with Crippen LogP contribution in [0.1, 0.15) is 24.3 Å². The fourth-order valence-corrected chi connectivity index (χ4v) is 3.45. The number of fused-ring (bicyclic) bond motifs is 3. The molecule has 0 saturated carbocycles. The summed E-state index contributed by atoms with van der Waals surface area (Å²) in [6.45, 7) is 2.99. The standard InChI is InChI=1S/C18H16N2O3/c1-12-18-15-4-2-3-5-16(15)23-17(18)10-11-19(12)13-6-8-14(9-7-13)20(21)22/h2-9,12H,10-11H2,1H3. The van der Waals surface area contributed by atoms with Crippen molar-refractivity contribution >= 4 is 22.3 Å². The van der Waals surface area contributed by atoms with Crippen LogP contribution < -0.4 is 4.90 Å². The average molecular weight is 308 g/mol. The highest BCUT2D eigenvalue weighted by atomic mass is 16.6. The van der Waals surface area contributed by atoms with Gasteiger partial charge in [-0.3, -0.25) is 10.1 Å².